The molecule has 1 nitrogen and oxygen atoms in total. The second-order valence-electron chi connectivity index (χ2n) is 1.99. The molecular weight excluding hydrogens is 211 g/mol. The number of rotatable bonds is 1. The number of hydrogen-bond acceptors (Lipinski definition) is 2. The molecule has 6 heteroatoms. The molecule has 0 N–H and O–H groups in total. The van der Waals surface area contributed by atoms with Gasteiger partial charge in [-0.2, -0.15) is 13.2 Å². The number of hydrogen-bond donors (Lipinski definition) is 0. The van der Waals surface area contributed by atoms with Gasteiger partial charge in [0.1, 0.15) is 0 Å². The van der Waals surface area contributed by atoms with Crippen LogP contribution in [0.1, 0.15) is 10.6 Å². The van der Waals surface area contributed by atoms with Crippen LogP contribution >= 0.6 is 22.9 Å². The first-order valence-corrected chi connectivity index (χ1v) is 4.16. The summed E-state index contributed by atoms with van der Waals surface area (Å²) in [5.41, 5.74) is -0.910. The Kier molecular flexibility index (Phi) is 2.63. The van der Waals surface area contributed by atoms with Gasteiger partial charge in [-0.15, -0.1) is 11.3 Å². The quantitative estimate of drug-likeness (QED) is 0.700. The standard InChI is InChI=1S/C6H4ClF3NS/c1-2-3-4(6(8,9)10)11-5(7)12-3/h1-2H2. The molecule has 0 aliphatic carbocycles. The van der Waals surface area contributed by atoms with E-state index in [1.807, 2.05) is 0 Å². The van der Waals surface area contributed by atoms with Gasteiger partial charge in [0.05, 0.1) is 0 Å². The van der Waals surface area contributed by atoms with Gasteiger partial charge >= 0.3 is 6.18 Å². The van der Waals surface area contributed by atoms with E-state index in [-0.39, 0.29) is 15.8 Å². The fourth-order valence-corrected chi connectivity index (χ4v) is 1.78. The normalized spacial score (nSPS) is 12.1. The minimum Gasteiger partial charge on any atom is -0.220 e. The fraction of sp³-hybridized carbons (Fsp3) is 0.333. The maximum absolute atomic E-state index is 12.1. The van der Waals surface area contributed by atoms with Crippen LogP contribution in [0.5, 0.6) is 0 Å². The molecule has 0 aromatic carbocycles. The highest BCUT2D eigenvalue weighted by molar-refractivity contribution is 7.15. The summed E-state index contributed by atoms with van der Waals surface area (Å²) < 4.78 is 36.2. The number of nitrogens with zero attached hydrogens (tertiary/aromatic N) is 1. The molecule has 0 fully saturated rings. The highest BCUT2D eigenvalue weighted by Crippen LogP contribution is 2.35. The highest BCUT2D eigenvalue weighted by Gasteiger charge is 2.36. The second kappa shape index (κ2) is 3.22. The van der Waals surface area contributed by atoms with Crippen molar-refractivity contribution in [1.82, 2.24) is 4.98 Å². The van der Waals surface area contributed by atoms with Gasteiger partial charge in [0.15, 0.2) is 10.2 Å². The molecule has 1 aromatic heterocycles. The molecule has 1 aromatic rings. The van der Waals surface area contributed by atoms with Crippen molar-refractivity contribution in [2.24, 2.45) is 0 Å². The van der Waals surface area contributed by atoms with Gasteiger partial charge < -0.3 is 0 Å². The molecule has 0 spiro atoms. The molecule has 1 rings (SSSR count). The van der Waals surface area contributed by atoms with Crippen molar-refractivity contribution in [1.29, 1.82) is 0 Å². The van der Waals surface area contributed by atoms with E-state index in [0.717, 1.165) is 11.3 Å². The lowest BCUT2D eigenvalue weighted by atomic mass is 10.3. The molecule has 0 unspecified atom stereocenters. The Labute approximate surface area is 76.2 Å². The van der Waals surface area contributed by atoms with Crippen LogP contribution in [0.15, 0.2) is 0 Å². The Morgan fingerprint density at radius 3 is 2.42 bits per heavy atom. The minimum atomic E-state index is -4.42. The topological polar surface area (TPSA) is 12.9 Å². The fourth-order valence-electron chi connectivity index (χ4n) is 0.714. The molecule has 0 aliphatic rings. The van der Waals surface area contributed by atoms with Crippen LogP contribution in [0.25, 0.3) is 0 Å². The van der Waals surface area contributed by atoms with Crippen molar-refractivity contribution in [2.75, 3.05) is 0 Å². The summed E-state index contributed by atoms with van der Waals surface area (Å²) in [4.78, 5) is 3.25. The third-order valence-corrected chi connectivity index (χ3v) is 2.39. The minimum absolute atomic E-state index is 0.0548. The van der Waals surface area contributed by atoms with Gasteiger partial charge in [-0.1, -0.05) is 11.6 Å². The zero-order chi connectivity index (χ0) is 9.35. The summed E-state index contributed by atoms with van der Waals surface area (Å²) in [5.74, 6) is 0. The average Bonchev–Trinajstić information content (AvgIpc) is 2.29. The van der Waals surface area contributed by atoms with Crippen LogP contribution in [0, 0.1) is 6.92 Å². The summed E-state index contributed by atoms with van der Waals surface area (Å²) in [5, 5.41) is 0. The molecule has 0 saturated carbocycles. The van der Waals surface area contributed by atoms with Crippen molar-refractivity contribution in [3.05, 3.63) is 22.0 Å². The number of aromatic nitrogens is 1. The molecule has 0 bridgehead atoms. The van der Waals surface area contributed by atoms with Crippen molar-refractivity contribution >= 4 is 22.9 Å². The van der Waals surface area contributed by atoms with E-state index < -0.39 is 11.9 Å². The van der Waals surface area contributed by atoms with Crippen LogP contribution in [-0.2, 0) is 12.6 Å². The van der Waals surface area contributed by atoms with Gasteiger partial charge in [0.2, 0.25) is 0 Å². The largest absolute Gasteiger partial charge is 0.434 e. The maximum Gasteiger partial charge on any atom is 0.434 e. The summed E-state index contributed by atoms with van der Waals surface area (Å²) >= 11 is 6.14. The Hall–Kier alpha value is -0.290. The van der Waals surface area contributed by atoms with Crippen LogP contribution in [0.3, 0.4) is 0 Å². The Bertz CT molecular complexity index is 281. The molecule has 0 saturated heterocycles. The third-order valence-electron chi connectivity index (χ3n) is 1.17. The number of alkyl halides is 3. The van der Waals surface area contributed by atoms with Gasteiger partial charge in [0, 0.05) is 4.88 Å². The summed E-state index contributed by atoms with van der Waals surface area (Å²) in [6.07, 6.45) is -4.37. The molecule has 1 heterocycles. The number of thiazole rings is 1. The zero-order valence-electron chi connectivity index (χ0n) is 5.78. The van der Waals surface area contributed by atoms with Gasteiger partial charge in [0.25, 0.3) is 0 Å². The van der Waals surface area contributed by atoms with Crippen LogP contribution < -0.4 is 0 Å². The molecular formula is C6H4ClF3NS. The first-order valence-electron chi connectivity index (χ1n) is 2.96. The first-order chi connectivity index (χ1) is 5.45. The molecule has 67 valence electrons. The van der Waals surface area contributed by atoms with Crippen LogP contribution in [-0.4, -0.2) is 4.98 Å². The van der Waals surface area contributed by atoms with E-state index in [0.29, 0.717) is 0 Å². The van der Waals surface area contributed by atoms with E-state index >= 15 is 0 Å². The number of halogens is 4. The smallest absolute Gasteiger partial charge is 0.220 e. The predicted octanol–water partition coefficient (Wildman–Crippen LogP) is 3.19. The summed E-state index contributed by atoms with van der Waals surface area (Å²) in [6, 6.07) is 0. The van der Waals surface area contributed by atoms with Crippen molar-refractivity contribution < 1.29 is 13.2 Å². The lowest BCUT2D eigenvalue weighted by Crippen LogP contribution is -2.07. The van der Waals surface area contributed by atoms with Crippen molar-refractivity contribution in [2.45, 2.75) is 12.6 Å². The second-order valence-corrected chi connectivity index (χ2v) is 3.65. The molecule has 0 aliphatic heterocycles. The van der Waals surface area contributed by atoms with E-state index in [9.17, 15) is 13.2 Å². The van der Waals surface area contributed by atoms with Gasteiger partial charge in [-0.3, -0.25) is 0 Å². The average molecular weight is 215 g/mol. The van der Waals surface area contributed by atoms with E-state index in [2.05, 4.69) is 11.9 Å². The summed E-state index contributed by atoms with van der Waals surface area (Å²) in [6.45, 7) is 3.36. The third kappa shape index (κ3) is 1.90. The Morgan fingerprint density at radius 2 is 2.08 bits per heavy atom. The highest BCUT2D eigenvalue weighted by atomic mass is 35.5. The maximum atomic E-state index is 12.1. The SMILES string of the molecule is [CH2]Cc1sc(Cl)nc1C(F)(F)F. The van der Waals surface area contributed by atoms with E-state index in [4.69, 9.17) is 11.6 Å². The Balaban J connectivity index is 3.13. The zero-order valence-corrected chi connectivity index (χ0v) is 7.35. The molecule has 1 radical (unpaired) electrons. The lowest BCUT2D eigenvalue weighted by Gasteiger charge is -2.03. The van der Waals surface area contributed by atoms with Crippen molar-refractivity contribution in [3.63, 3.8) is 0 Å². The molecule has 0 amide bonds. The first kappa shape index (κ1) is 9.80. The lowest BCUT2D eigenvalue weighted by molar-refractivity contribution is -0.141. The monoisotopic (exact) mass is 214 g/mol. The predicted molar refractivity (Wildman–Crippen MR) is 41.2 cm³/mol. The van der Waals surface area contributed by atoms with Crippen LogP contribution in [0.2, 0.25) is 4.47 Å². The summed E-state index contributed by atoms with van der Waals surface area (Å²) in [7, 11) is 0. The van der Waals surface area contributed by atoms with Gasteiger partial charge in [-0.05, 0) is 13.3 Å². The molecule has 0 atom stereocenters. The van der Waals surface area contributed by atoms with Crippen molar-refractivity contribution in [3.8, 4) is 0 Å². The molecule has 12 heavy (non-hydrogen) atoms. The Morgan fingerprint density at radius 1 is 1.50 bits per heavy atom. The van der Waals surface area contributed by atoms with E-state index in [1.165, 1.54) is 0 Å². The van der Waals surface area contributed by atoms with Gasteiger partial charge in [-0.25, -0.2) is 4.98 Å². The van der Waals surface area contributed by atoms with E-state index in [1.54, 1.807) is 0 Å². The van der Waals surface area contributed by atoms with Crippen LogP contribution in [0.4, 0.5) is 13.2 Å².